The number of aromatic nitrogens is 2. The van der Waals surface area contributed by atoms with Crippen molar-refractivity contribution in [3.05, 3.63) is 24.5 Å². The second-order valence-electron chi connectivity index (χ2n) is 6.73. The van der Waals surface area contributed by atoms with Crippen LogP contribution in [0.5, 0.6) is 5.88 Å². The highest BCUT2D eigenvalue weighted by atomic mass is 16.5. The first-order valence-electron chi connectivity index (χ1n) is 8.74. The monoisotopic (exact) mass is 330 g/mol. The van der Waals surface area contributed by atoms with Gasteiger partial charge in [-0.2, -0.15) is 0 Å². The molecule has 0 bridgehead atoms. The molecular weight excluding hydrogens is 304 g/mol. The summed E-state index contributed by atoms with van der Waals surface area (Å²) in [5, 5.41) is 0. The summed E-state index contributed by atoms with van der Waals surface area (Å²) in [6, 6.07) is 0. The number of anilines is 1. The maximum atomic E-state index is 12.7. The van der Waals surface area contributed by atoms with E-state index >= 15 is 0 Å². The molecule has 6 nitrogen and oxygen atoms in total. The van der Waals surface area contributed by atoms with E-state index in [1.54, 1.807) is 12.4 Å². The van der Waals surface area contributed by atoms with Crippen LogP contribution in [0.15, 0.2) is 24.5 Å². The average molecular weight is 330 g/mol. The average Bonchev–Trinajstić information content (AvgIpc) is 2.62. The molecule has 3 rings (SSSR count). The lowest BCUT2D eigenvalue weighted by Crippen LogP contribution is -2.47. The van der Waals surface area contributed by atoms with Crippen molar-refractivity contribution in [2.45, 2.75) is 38.2 Å². The topological polar surface area (TPSA) is 58.6 Å². The number of hydrogen-bond acceptors (Lipinski definition) is 5. The molecule has 1 aromatic rings. The van der Waals surface area contributed by atoms with Gasteiger partial charge in [0.05, 0.1) is 6.54 Å². The molecule has 1 saturated heterocycles. The molecular formula is C18H26N4O2. The normalized spacial score (nSPS) is 23.8. The van der Waals surface area contributed by atoms with E-state index in [1.165, 1.54) is 0 Å². The van der Waals surface area contributed by atoms with Gasteiger partial charge in [-0.3, -0.25) is 4.79 Å². The van der Waals surface area contributed by atoms with Crippen molar-refractivity contribution in [2.24, 2.45) is 5.92 Å². The molecule has 0 aromatic carbocycles. The Morgan fingerprint density at radius 1 is 1.25 bits per heavy atom. The number of likely N-dealkylation sites (tertiary alicyclic amines) is 1. The van der Waals surface area contributed by atoms with Gasteiger partial charge in [-0.25, -0.2) is 9.97 Å². The molecule has 0 radical (unpaired) electrons. The number of hydrogen-bond donors (Lipinski definition) is 0. The summed E-state index contributed by atoms with van der Waals surface area (Å²) in [6.45, 7) is 1.47. The molecule has 1 amide bonds. The third kappa shape index (κ3) is 3.86. The Labute approximate surface area is 143 Å². The van der Waals surface area contributed by atoms with Crippen LogP contribution >= 0.6 is 0 Å². The number of nitrogens with zero attached hydrogens (tertiary/aromatic N) is 4. The second kappa shape index (κ2) is 7.64. The molecule has 1 fully saturated rings. The van der Waals surface area contributed by atoms with Crippen molar-refractivity contribution in [1.29, 1.82) is 0 Å². The van der Waals surface area contributed by atoms with Gasteiger partial charge >= 0.3 is 0 Å². The van der Waals surface area contributed by atoms with Crippen LogP contribution in [0, 0.1) is 5.92 Å². The fraction of sp³-hybridized carbons (Fsp3) is 0.611. The van der Waals surface area contributed by atoms with Crippen molar-refractivity contribution < 1.29 is 9.53 Å². The highest BCUT2D eigenvalue weighted by Crippen LogP contribution is 2.26. The zero-order valence-corrected chi connectivity index (χ0v) is 14.5. The Morgan fingerprint density at radius 3 is 2.83 bits per heavy atom. The van der Waals surface area contributed by atoms with Crippen molar-refractivity contribution >= 4 is 11.7 Å². The molecule has 2 atom stereocenters. The van der Waals surface area contributed by atoms with Crippen LogP contribution in [0.3, 0.4) is 0 Å². The van der Waals surface area contributed by atoms with E-state index in [-0.39, 0.29) is 17.9 Å². The first kappa shape index (κ1) is 16.7. The quantitative estimate of drug-likeness (QED) is 0.793. The SMILES string of the molecule is CN(C)c1nccnc1OC1CCCN(C(=O)C2CC=CCC2)C1. The van der Waals surface area contributed by atoms with E-state index < -0.39 is 0 Å². The number of allylic oxidation sites excluding steroid dienone is 2. The molecule has 1 aliphatic heterocycles. The summed E-state index contributed by atoms with van der Waals surface area (Å²) in [4.78, 5) is 25.2. The first-order valence-corrected chi connectivity index (χ1v) is 8.74. The van der Waals surface area contributed by atoms with Crippen molar-refractivity contribution in [3.8, 4) is 5.88 Å². The lowest BCUT2D eigenvalue weighted by Gasteiger charge is -2.35. The molecule has 0 saturated carbocycles. The third-order valence-electron chi connectivity index (χ3n) is 4.66. The zero-order chi connectivity index (χ0) is 16.9. The maximum absolute atomic E-state index is 12.7. The molecule has 6 heteroatoms. The molecule has 2 heterocycles. The van der Waals surface area contributed by atoms with Gasteiger partial charge in [-0.1, -0.05) is 12.2 Å². The van der Waals surface area contributed by atoms with Crippen LogP contribution < -0.4 is 9.64 Å². The predicted octanol–water partition coefficient (Wildman–Crippen LogP) is 2.27. The lowest BCUT2D eigenvalue weighted by molar-refractivity contribution is -0.138. The van der Waals surface area contributed by atoms with Gasteiger partial charge < -0.3 is 14.5 Å². The van der Waals surface area contributed by atoms with Gasteiger partial charge in [0.1, 0.15) is 6.10 Å². The summed E-state index contributed by atoms with van der Waals surface area (Å²) >= 11 is 0. The van der Waals surface area contributed by atoms with Gasteiger partial charge in [0.15, 0.2) is 5.82 Å². The molecule has 24 heavy (non-hydrogen) atoms. The molecule has 0 spiro atoms. The Balaban J connectivity index is 1.63. The largest absolute Gasteiger partial charge is 0.470 e. The van der Waals surface area contributed by atoms with E-state index in [2.05, 4.69) is 22.1 Å². The van der Waals surface area contributed by atoms with Gasteiger partial charge in [0, 0.05) is 39.0 Å². The summed E-state index contributed by atoms with van der Waals surface area (Å²) in [5.74, 6) is 1.68. The summed E-state index contributed by atoms with van der Waals surface area (Å²) in [7, 11) is 3.84. The van der Waals surface area contributed by atoms with Crippen LogP contribution in [0.1, 0.15) is 32.1 Å². The first-order chi connectivity index (χ1) is 11.6. The van der Waals surface area contributed by atoms with Gasteiger partial charge in [0.2, 0.25) is 5.91 Å². The standard InChI is InChI=1S/C18H26N4O2/c1-21(2)16-17(20-11-10-19-16)24-15-9-6-12-22(13-15)18(23)14-7-4-3-5-8-14/h3-4,10-11,14-15H,5-9,12-13H2,1-2H3. The predicted molar refractivity (Wildman–Crippen MR) is 93.1 cm³/mol. The minimum absolute atomic E-state index is 0.0165. The van der Waals surface area contributed by atoms with Crippen LogP contribution in [0.4, 0.5) is 5.82 Å². The van der Waals surface area contributed by atoms with Crippen LogP contribution in [-0.4, -0.2) is 54.1 Å². The summed E-state index contributed by atoms with van der Waals surface area (Å²) < 4.78 is 6.09. The number of carbonyl (C=O) groups is 1. The third-order valence-corrected chi connectivity index (χ3v) is 4.66. The minimum atomic E-state index is -0.0165. The molecule has 0 N–H and O–H groups in total. The van der Waals surface area contributed by atoms with Crippen molar-refractivity contribution in [2.75, 3.05) is 32.1 Å². The van der Waals surface area contributed by atoms with Gasteiger partial charge in [0.25, 0.3) is 5.88 Å². The van der Waals surface area contributed by atoms with Crippen molar-refractivity contribution in [3.63, 3.8) is 0 Å². The van der Waals surface area contributed by atoms with Crippen molar-refractivity contribution in [1.82, 2.24) is 14.9 Å². The number of ether oxygens (including phenoxy) is 1. The number of piperidine rings is 1. The van der Waals surface area contributed by atoms with E-state index in [0.717, 1.165) is 44.5 Å². The highest BCUT2D eigenvalue weighted by Gasteiger charge is 2.30. The van der Waals surface area contributed by atoms with E-state index in [0.29, 0.717) is 12.4 Å². The molecule has 1 aliphatic carbocycles. The second-order valence-corrected chi connectivity index (χ2v) is 6.73. The molecule has 130 valence electrons. The fourth-order valence-corrected chi connectivity index (χ4v) is 3.38. The smallest absolute Gasteiger partial charge is 0.257 e. The van der Waals surface area contributed by atoms with E-state index in [9.17, 15) is 4.79 Å². The van der Waals surface area contributed by atoms with Gasteiger partial charge in [-0.05, 0) is 32.1 Å². The Morgan fingerprint density at radius 2 is 2.08 bits per heavy atom. The highest BCUT2D eigenvalue weighted by molar-refractivity contribution is 5.79. The number of amides is 1. The number of rotatable bonds is 4. The van der Waals surface area contributed by atoms with Crippen LogP contribution in [0.2, 0.25) is 0 Å². The van der Waals surface area contributed by atoms with Crippen LogP contribution in [0.25, 0.3) is 0 Å². The lowest BCUT2D eigenvalue weighted by atomic mass is 9.92. The molecule has 2 aliphatic rings. The Bertz CT molecular complexity index is 602. The fourth-order valence-electron chi connectivity index (χ4n) is 3.38. The van der Waals surface area contributed by atoms with Gasteiger partial charge in [-0.15, -0.1) is 0 Å². The summed E-state index contributed by atoms with van der Waals surface area (Å²) in [5.41, 5.74) is 0. The summed E-state index contributed by atoms with van der Waals surface area (Å²) in [6.07, 6.45) is 12.3. The van der Waals surface area contributed by atoms with E-state index in [1.807, 2.05) is 23.9 Å². The maximum Gasteiger partial charge on any atom is 0.257 e. The van der Waals surface area contributed by atoms with E-state index in [4.69, 9.17) is 4.74 Å². The van der Waals surface area contributed by atoms with Crippen LogP contribution in [-0.2, 0) is 4.79 Å². The Hall–Kier alpha value is -2.11. The minimum Gasteiger partial charge on any atom is -0.470 e. The number of carbonyl (C=O) groups excluding carboxylic acids is 1. The molecule has 1 aromatic heterocycles. The molecule has 2 unspecified atom stereocenters. The Kier molecular flexibility index (Phi) is 5.33. The zero-order valence-electron chi connectivity index (χ0n) is 14.5.